The van der Waals surface area contributed by atoms with Crippen molar-refractivity contribution >= 4 is 5.91 Å². The second kappa shape index (κ2) is 7.53. The van der Waals surface area contributed by atoms with Crippen LogP contribution in [-0.4, -0.2) is 49.5 Å². The first kappa shape index (κ1) is 17.2. The predicted octanol–water partition coefficient (Wildman–Crippen LogP) is 2.94. The Morgan fingerprint density at radius 3 is 2.58 bits per heavy atom. The van der Waals surface area contributed by atoms with Gasteiger partial charge in [-0.05, 0) is 24.0 Å². The molecule has 1 aromatic carbocycles. The summed E-state index contributed by atoms with van der Waals surface area (Å²) in [7, 11) is 0. The van der Waals surface area contributed by atoms with Gasteiger partial charge in [0.05, 0.1) is 13.2 Å². The number of benzene rings is 1. The van der Waals surface area contributed by atoms with E-state index in [9.17, 15) is 4.79 Å². The van der Waals surface area contributed by atoms with Crippen LogP contribution in [0.25, 0.3) is 0 Å². The number of para-hydroxylation sites is 1. The molecule has 1 amide bonds. The summed E-state index contributed by atoms with van der Waals surface area (Å²) in [5, 5.41) is 0. The summed E-state index contributed by atoms with van der Waals surface area (Å²) in [6.07, 6.45) is 2.52. The van der Waals surface area contributed by atoms with Gasteiger partial charge in [0.2, 0.25) is 0 Å². The Morgan fingerprint density at radius 1 is 1.25 bits per heavy atom. The lowest BCUT2D eigenvalue weighted by atomic mass is 9.98. The number of ether oxygens (including phenoxy) is 3. The number of carbonyl (C=O) groups excluding carboxylic acids is 1. The molecule has 24 heavy (non-hydrogen) atoms. The van der Waals surface area contributed by atoms with Crippen molar-refractivity contribution in [2.75, 3.05) is 32.9 Å². The van der Waals surface area contributed by atoms with Crippen LogP contribution in [0, 0.1) is 0 Å². The monoisotopic (exact) mass is 333 g/mol. The molecule has 3 rings (SSSR count). The molecule has 0 saturated carbocycles. The Balaban J connectivity index is 1.53. The molecule has 2 saturated heterocycles. The first-order valence-electron chi connectivity index (χ1n) is 8.91. The van der Waals surface area contributed by atoms with Gasteiger partial charge in [-0.1, -0.05) is 32.0 Å². The fourth-order valence-electron chi connectivity index (χ4n) is 3.35. The van der Waals surface area contributed by atoms with Crippen LogP contribution in [0.3, 0.4) is 0 Å². The maximum atomic E-state index is 12.4. The Hall–Kier alpha value is -1.59. The van der Waals surface area contributed by atoms with Crippen LogP contribution in [-0.2, 0) is 14.3 Å². The Labute approximate surface area is 143 Å². The molecule has 1 unspecified atom stereocenters. The zero-order chi connectivity index (χ0) is 17.0. The predicted molar refractivity (Wildman–Crippen MR) is 91.1 cm³/mol. The summed E-state index contributed by atoms with van der Waals surface area (Å²) in [6, 6.07) is 7.99. The Bertz CT molecular complexity index is 558. The molecule has 1 aromatic rings. The van der Waals surface area contributed by atoms with Crippen molar-refractivity contribution in [1.82, 2.24) is 4.90 Å². The first-order chi connectivity index (χ1) is 11.6. The van der Waals surface area contributed by atoms with E-state index in [0.29, 0.717) is 32.2 Å². The van der Waals surface area contributed by atoms with Crippen LogP contribution in [0.5, 0.6) is 5.75 Å². The molecule has 1 spiro atoms. The van der Waals surface area contributed by atoms with Crippen molar-refractivity contribution in [3.63, 3.8) is 0 Å². The average Bonchev–Trinajstić information content (AvgIpc) is 3.08. The molecule has 2 aliphatic rings. The van der Waals surface area contributed by atoms with Crippen molar-refractivity contribution in [3.8, 4) is 5.75 Å². The van der Waals surface area contributed by atoms with Crippen molar-refractivity contribution in [3.05, 3.63) is 29.8 Å². The van der Waals surface area contributed by atoms with Crippen molar-refractivity contribution < 1.29 is 19.0 Å². The third-order valence-corrected chi connectivity index (χ3v) is 5.10. The standard InChI is InChI=1S/C19H27NO4/c1-3-15(2)16-6-4-5-7-17(16)22-14-18(21)20-10-8-19(9-11-20)23-12-13-24-19/h4-7,15H,3,8-14H2,1-2H3. The fraction of sp³-hybridized carbons (Fsp3) is 0.632. The van der Waals surface area contributed by atoms with Gasteiger partial charge in [-0.2, -0.15) is 0 Å². The van der Waals surface area contributed by atoms with E-state index >= 15 is 0 Å². The number of amides is 1. The molecule has 2 aliphatic heterocycles. The zero-order valence-electron chi connectivity index (χ0n) is 14.6. The van der Waals surface area contributed by atoms with E-state index in [0.717, 1.165) is 30.6 Å². The van der Waals surface area contributed by atoms with E-state index in [2.05, 4.69) is 19.9 Å². The lowest BCUT2D eigenvalue weighted by Gasteiger charge is -2.37. The number of hydrogen-bond donors (Lipinski definition) is 0. The molecule has 132 valence electrons. The molecule has 1 atom stereocenters. The van der Waals surface area contributed by atoms with Gasteiger partial charge in [0.1, 0.15) is 5.75 Å². The highest BCUT2D eigenvalue weighted by Gasteiger charge is 2.40. The van der Waals surface area contributed by atoms with Crippen molar-refractivity contribution in [1.29, 1.82) is 0 Å². The van der Waals surface area contributed by atoms with Gasteiger partial charge in [0.15, 0.2) is 12.4 Å². The average molecular weight is 333 g/mol. The summed E-state index contributed by atoms with van der Waals surface area (Å²) in [6.45, 7) is 7.05. The Kier molecular flexibility index (Phi) is 5.41. The quantitative estimate of drug-likeness (QED) is 0.831. The van der Waals surface area contributed by atoms with E-state index < -0.39 is 5.79 Å². The van der Waals surface area contributed by atoms with E-state index in [1.165, 1.54) is 0 Å². The lowest BCUT2D eigenvalue weighted by Crippen LogP contribution is -2.48. The molecule has 0 aliphatic carbocycles. The topological polar surface area (TPSA) is 48.0 Å². The first-order valence-corrected chi connectivity index (χ1v) is 8.91. The highest BCUT2D eigenvalue weighted by Crippen LogP contribution is 2.31. The summed E-state index contributed by atoms with van der Waals surface area (Å²) in [5.74, 6) is 0.821. The van der Waals surface area contributed by atoms with Crippen LogP contribution in [0.15, 0.2) is 24.3 Å². The fourth-order valence-corrected chi connectivity index (χ4v) is 3.35. The third-order valence-electron chi connectivity index (χ3n) is 5.10. The minimum atomic E-state index is -0.444. The molecule has 5 heteroatoms. The SMILES string of the molecule is CCC(C)c1ccccc1OCC(=O)N1CCC2(CC1)OCCO2. The summed E-state index contributed by atoms with van der Waals surface area (Å²) < 4.78 is 17.2. The molecule has 2 fully saturated rings. The molecule has 0 radical (unpaired) electrons. The van der Waals surface area contributed by atoms with Gasteiger partial charge >= 0.3 is 0 Å². The van der Waals surface area contributed by atoms with Gasteiger partial charge in [-0.15, -0.1) is 0 Å². The van der Waals surface area contributed by atoms with E-state index in [1.54, 1.807) is 0 Å². The largest absolute Gasteiger partial charge is 0.483 e. The number of hydrogen-bond acceptors (Lipinski definition) is 4. The highest BCUT2D eigenvalue weighted by molar-refractivity contribution is 5.78. The summed E-state index contributed by atoms with van der Waals surface area (Å²) >= 11 is 0. The van der Waals surface area contributed by atoms with Gasteiger partial charge in [-0.25, -0.2) is 0 Å². The van der Waals surface area contributed by atoms with Crippen LogP contribution in [0.1, 0.15) is 44.6 Å². The molecule has 5 nitrogen and oxygen atoms in total. The number of carbonyl (C=O) groups is 1. The van der Waals surface area contributed by atoms with E-state index in [1.807, 2.05) is 23.1 Å². The van der Waals surface area contributed by atoms with Crippen LogP contribution in [0.4, 0.5) is 0 Å². The molecule has 0 bridgehead atoms. The molecule has 0 aromatic heterocycles. The third kappa shape index (κ3) is 3.73. The van der Waals surface area contributed by atoms with Crippen LogP contribution >= 0.6 is 0 Å². The zero-order valence-corrected chi connectivity index (χ0v) is 14.6. The van der Waals surface area contributed by atoms with Crippen LogP contribution in [0.2, 0.25) is 0 Å². The van der Waals surface area contributed by atoms with Gasteiger partial charge in [0.25, 0.3) is 5.91 Å². The number of piperidine rings is 1. The molecular formula is C19H27NO4. The van der Waals surface area contributed by atoms with Gasteiger partial charge < -0.3 is 19.1 Å². The van der Waals surface area contributed by atoms with Crippen molar-refractivity contribution in [2.24, 2.45) is 0 Å². The Morgan fingerprint density at radius 2 is 1.92 bits per heavy atom. The van der Waals surface area contributed by atoms with Gasteiger partial charge in [0, 0.05) is 25.9 Å². The number of rotatable bonds is 5. The minimum absolute atomic E-state index is 0.0294. The van der Waals surface area contributed by atoms with E-state index in [-0.39, 0.29) is 12.5 Å². The van der Waals surface area contributed by atoms with Crippen molar-refractivity contribution in [2.45, 2.75) is 44.8 Å². The lowest BCUT2D eigenvalue weighted by molar-refractivity contribution is -0.187. The summed E-state index contributed by atoms with van der Waals surface area (Å²) in [5.41, 5.74) is 1.16. The van der Waals surface area contributed by atoms with Gasteiger partial charge in [-0.3, -0.25) is 4.79 Å². The molecule has 0 N–H and O–H groups in total. The maximum Gasteiger partial charge on any atom is 0.260 e. The highest BCUT2D eigenvalue weighted by atomic mass is 16.7. The van der Waals surface area contributed by atoms with E-state index in [4.69, 9.17) is 14.2 Å². The molecule has 2 heterocycles. The minimum Gasteiger partial charge on any atom is -0.483 e. The smallest absolute Gasteiger partial charge is 0.260 e. The second-order valence-corrected chi connectivity index (χ2v) is 6.62. The number of nitrogens with zero attached hydrogens (tertiary/aromatic N) is 1. The summed E-state index contributed by atoms with van der Waals surface area (Å²) in [4.78, 5) is 14.3. The maximum absolute atomic E-state index is 12.4. The normalized spacial score (nSPS) is 21.0. The van der Waals surface area contributed by atoms with Crippen LogP contribution < -0.4 is 4.74 Å². The second-order valence-electron chi connectivity index (χ2n) is 6.62. The number of likely N-dealkylation sites (tertiary alicyclic amines) is 1. The molecular weight excluding hydrogens is 306 g/mol.